The first kappa shape index (κ1) is 30.7. The van der Waals surface area contributed by atoms with Gasteiger partial charge in [-0.15, -0.1) is 0 Å². The number of hydrogen-bond donors (Lipinski definition) is 0. The zero-order valence-electron chi connectivity index (χ0n) is 24.1. The second kappa shape index (κ2) is 13.6. The van der Waals surface area contributed by atoms with E-state index in [0.717, 1.165) is 22.9 Å². The van der Waals surface area contributed by atoms with E-state index in [-0.39, 0.29) is 24.3 Å². The molecule has 220 valence electrons. The minimum Gasteiger partial charge on any atom is -0.487 e. The van der Waals surface area contributed by atoms with Crippen molar-refractivity contribution in [1.29, 1.82) is 0 Å². The molecule has 9 heteroatoms. The molecular formula is C33H35BF4N2O2. The summed E-state index contributed by atoms with van der Waals surface area (Å²) >= 11 is 0. The SMILES string of the molecule is CC(C)Oc1ccccc1N1C=[N+](c2ccccc2OC(C)C)[C@@H](c2ccccc2)[C@@H]1c1ccccc1.F[B-](F)(F)F. The van der Waals surface area contributed by atoms with Crippen LogP contribution in [0.1, 0.15) is 50.9 Å². The monoisotopic (exact) mass is 578 g/mol. The van der Waals surface area contributed by atoms with Crippen molar-refractivity contribution in [3.05, 3.63) is 120 Å². The lowest BCUT2D eigenvalue weighted by Crippen LogP contribution is -2.26. The van der Waals surface area contributed by atoms with Gasteiger partial charge in [-0.05, 0) is 52.0 Å². The molecule has 42 heavy (non-hydrogen) atoms. The molecule has 0 saturated carbocycles. The number of anilines is 1. The van der Waals surface area contributed by atoms with Gasteiger partial charge in [0.25, 0.3) is 0 Å². The Morgan fingerprint density at radius 3 is 1.64 bits per heavy atom. The van der Waals surface area contributed by atoms with E-state index < -0.39 is 7.25 Å². The minimum absolute atomic E-state index is 0.00705. The highest BCUT2D eigenvalue weighted by atomic mass is 19.5. The van der Waals surface area contributed by atoms with E-state index in [1.54, 1.807) is 0 Å². The number of nitrogens with zero attached hydrogens (tertiary/aromatic N) is 2. The summed E-state index contributed by atoms with van der Waals surface area (Å²) in [5, 5.41) is 0. The fourth-order valence-corrected chi connectivity index (χ4v) is 5.04. The number of rotatable bonds is 8. The van der Waals surface area contributed by atoms with Crippen molar-refractivity contribution < 1.29 is 31.3 Å². The second-order valence-electron chi connectivity index (χ2n) is 10.4. The fourth-order valence-electron chi connectivity index (χ4n) is 5.04. The van der Waals surface area contributed by atoms with Crippen molar-refractivity contribution in [3.8, 4) is 11.5 Å². The number of para-hydroxylation sites is 4. The van der Waals surface area contributed by atoms with Crippen molar-refractivity contribution >= 4 is 25.0 Å². The molecule has 0 amide bonds. The Balaban J connectivity index is 0.000000748. The van der Waals surface area contributed by atoms with Gasteiger partial charge in [0.15, 0.2) is 35.0 Å². The molecule has 0 aromatic heterocycles. The molecular weight excluding hydrogens is 543 g/mol. The van der Waals surface area contributed by atoms with Crippen LogP contribution in [0.15, 0.2) is 109 Å². The van der Waals surface area contributed by atoms with Gasteiger partial charge in [-0.1, -0.05) is 84.9 Å². The molecule has 5 rings (SSSR count). The van der Waals surface area contributed by atoms with E-state index in [4.69, 9.17) is 9.47 Å². The van der Waals surface area contributed by atoms with Gasteiger partial charge < -0.3 is 26.7 Å². The largest absolute Gasteiger partial charge is 0.673 e. The molecule has 4 nitrogen and oxygen atoms in total. The molecule has 0 aliphatic carbocycles. The van der Waals surface area contributed by atoms with Crippen LogP contribution in [0.5, 0.6) is 11.5 Å². The first-order valence-electron chi connectivity index (χ1n) is 13.9. The molecule has 1 heterocycles. The van der Waals surface area contributed by atoms with E-state index in [1.165, 1.54) is 11.1 Å². The van der Waals surface area contributed by atoms with Gasteiger partial charge in [0, 0.05) is 11.1 Å². The van der Waals surface area contributed by atoms with Crippen molar-refractivity contribution in [2.45, 2.75) is 52.0 Å². The number of benzene rings is 4. The Labute approximate surface area is 244 Å². The average molecular weight is 578 g/mol. The van der Waals surface area contributed by atoms with Gasteiger partial charge in [-0.25, -0.2) is 9.48 Å². The van der Waals surface area contributed by atoms with Gasteiger partial charge >= 0.3 is 7.25 Å². The Hall–Kier alpha value is -4.27. The number of hydrogen-bond acceptors (Lipinski definition) is 3. The highest BCUT2D eigenvalue weighted by molar-refractivity contribution is 6.50. The fraction of sp³-hybridized carbons (Fsp3) is 0.242. The molecule has 0 N–H and O–H groups in total. The Bertz CT molecular complexity index is 1460. The van der Waals surface area contributed by atoms with Crippen LogP contribution in [0.3, 0.4) is 0 Å². The smallest absolute Gasteiger partial charge is 0.487 e. The Morgan fingerprint density at radius 1 is 0.619 bits per heavy atom. The maximum atomic E-state index is 9.75. The average Bonchev–Trinajstić information content (AvgIpc) is 3.33. The zero-order valence-corrected chi connectivity index (χ0v) is 24.1. The van der Waals surface area contributed by atoms with Crippen LogP contribution in [0.25, 0.3) is 0 Å². The normalized spacial score (nSPS) is 16.6. The first-order valence-corrected chi connectivity index (χ1v) is 13.9. The maximum absolute atomic E-state index is 9.75. The van der Waals surface area contributed by atoms with Crippen molar-refractivity contribution in [3.63, 3.8) is 0 Å². The van der Waals surface area contributed by atoms with Crippen LogP contribution in [-0.4, -0.2) is 30.4 Å². The van der Waals surface area contributed by atoms with Crippen LogP contribution < -0.4 is 14.4 Å². The molecule has 1 aliphatic rings. The van der Waals surface area contributed by atoms with Crippen LogP contribution >= 0.6 is 0 Å². The van der Waals surface area contributed by atoms with Gasteiger partial charge in [-0.2, -0.15) is 0 Å². The third-order valence-corrected chi connectivity index (χ3v) is 6.44. The molecule has 0 spiro atoms. The van der Waals surface area contributed by atoms with E-state index in [1.807, 2.05) is 12.1 Å². The summed E-state index contributed by atoms with van der Waals surface area (Å²) in [6.45, 7) is 8.27. The molecule has 0 saturated heterocycles. The van der Waals surface area contributed by atoms with Gasteiger partial charge in [0.1, 0.15) is 0 Å². The molecule has 4 aromatic rings. The van der Waals surface area contributed by atoms with Gasteiger partial charge in [0.2, 0.25) is 6.34 Å². The molecule has 0 unspecified atom stereocenters. The summed E-state index contributed by atoms with van der Waals surface area (Å²) < 4.78 is 53.9. The molecule has 0 radical (unpaired) electrons. The van der Waals surface area contributed by atoms with Crippen LogP contribution in [0, 0.1) is 0 Å². The summed E-state index contributed by atoms with van der Waals surface area (Å²) in [5.74, 6) is 1.74. The van der Waals surface area contributed by atoms with Gasteiger partial charge in [0.05, 0.1) is 12.2 Å². The van der Waals surface area contributed by atoms with Crippen LogP contribution in [0.2, 0.25) is 0 Å². The number of halogens is 4. The summed E-state index contributed by atoms with van der Waals surface area (Å²) in [6.07, 6.45) is 2.36. The summed E-state index contributed by atoms with van der Waals surface area (Å²) in [6, 6.07) is 38.1. The van der Waals surface area contributed by atoms with Crippen molar-refractivity contribution in [2.24, 2.45) is 0 Å². The van der Waals surface area contributed by atoms with E-state index in [2.05, 4.69) is 141 Å². The quantitative estimate of drug-likeness (QED) is 0.118. The predicted molar refractivity (Wildman–Crippen MR) is 161 cm³/mol. The molecule has 1 aliphatic heterocycles. The molecule has 0 fully saturated rings. The summed E-state index contributed by atoms with van der Waals surface area (Å²) in [7, 11) is -6.00. The van der Waals surface area contributed by atoms with E-state index in [0.29, 0.717) is 0 Å². The lowest BCUT2D eigenvalue weighted by molar-refractivity contribution is -0.482. The lowest BCUT2D eigenvalue weighted by atomic mass is 9.92. The highest BCUT2D eigenvalue weighted by Gasteiger charge is 2.47. The predicted octanol–water partition coefficient (Wildman–Crippen LogP) is 9.24. The van der Waals surface area contributed by atoms with Gasteiger partial charge in [-0.3, -0.25) is 0 Å². The molecule has 2 atom stereocenters. The summed E-state index contributed by atoms with van der Waals surface area (Å²) in [4.78, 5) is 2.36. The van der Waals surface area contributed by atoms with E-state index in [9.17, 15) is 17.3 Å². The topological polar surface area (TPSA) is 24.7 Å². The Kier molecular flexibility index (Phi) is 9.94. The molecule has 4 aromatic carbocycles. The Morgan fingerprint density at radius 2 is 1.07 bits per heavy atom. The van der Waals surface area contributed by atoms with Crippen molar-refractivity contribution in [2.75, 3.05) is 4.90 Å². The second-order valence-corrected chi connectivity index (χ2v) is 10.4. The lowest BCUT2D eigenvalue weighted by Gasteiger charge is -2.25. The van der Waals surface area contributed by atoms with Crippen LogP contribution in [0.4, 0.5) is 28.6 Å². The number of ether oxygens (including phenoxy) is 2. The standard InChI is InChI=1S/C33H35N2O2.BF4/c1-24(2)36-30-21-13-11-19-28(30)34-23-35(29-20-12-14-22-31(29)37-25(3)4)33(27-17-9-6-10-18-27)32(34)26-15-7-5-8-16-26;2-1(3,4)5/h5-25,32-33H,1-4H3;/q+1;-1/t32-,33-;/m0./s1. The minimum atomic E-state index is -6.00. The maximum Gasteiger partial charge on any atom is 0.673 e. The third-order valence-electron chi connectivity index (χ3n) is 6.44. The first-order chi connectivity index (χ1) is 20.0. The summed E-state index contributed by atoms with van der Waals surface area (Å²) in [5.41, 5.74) is 4.54. The van der Waals surface area contributed by atoms with Crippen molar-refractivity contribution in [1.82, 2.24) is 0 Å². The zero-order chi connectivity index (χ0) is 30.3. The third kappa shape index (κ3) is 7.93. The van der Waals surface area contributed by atoms with E-state index >= 15 is 0 Å². The van der Waals surface area contributed by atoms with Crippen LogP contribution in [-0.2, 0) is 0 Å². The highest BCUT2D eigenvalue weighted by Crippen LogP contribution is 2.48. The molecule has 0 bridgehead atoms.